The molecule has 2 aromatic rings. The Hall–Kier alpha value is -1.65. The summed E-state index contributed by atoms with van der Waals surface area (Å²) in [5.74, 6) is -1.22. The van der Waals surface area contributed by atoms with Crippen LogP contribution in [0.5, 0.6) is 0 Å². The van der Waals surface area contributed by atoms with Crippen molar-refractivity contribution < 1.29 is 9.90 Å². The van der Waals surface area contributed by atoms with Crippen molar-refractivity contribution in [2.24, 2.45) is 5.73 Å². The summed E-state index contributed by atoms with van der Waals surface area (Å²) in [6.07, 6.45) is 1.63. The van der Waals surface area contributed by atoms with Gasteiger partial charge in [0.2, 0.25) is 0 Å². The highest BCUT2D eigenvalue weighted by atomic mass is 35.5. The van der Waals surface area contributed by atoms with E-state index in [2.05, 4.69) is 4.98 Å². The number of hydrogen-bond donors (Lipinski definition) is 2. The molecule has 0 fully saturated rings. The van der Waals surface area contributed by atoms with Gasteiger partial charge >= 0.3 is 5.97 Å². The zero-order valence-electron chi connectivity index (χ0n) is 11.4. The van der Waals surface area contributed by atoms with Crippen LogP contribution in [0.25, 0.3) is 10.9 Å². The number of aromatic nitrogens is 1. The molecule has 0 aliphatic heterocycles. The summed E-state index contributed by atoms with van der Waals surface area (Å²) in [6.45, 7) is 3.65. The maximum atomic E-state index is 11.1. The van der Waals surface area contributed by atoms with Crippen molar-refractivity contribution >= 4 is 28.5 Å². The van der Waals surface area contributed by atoms with Crippen LogP contribution >= 0.6 is 11.6 Å². The average Bonchev–Trinajstić information content (AvgIpc) is 2.36. The van der Waals surface area contributed by atoms with Gasteiger partial charge in [-0.2, -0.15) is 0 Å². The monoisotopic (exact) mass is 292 g/mol. The van der Waals surface area contributed by atoms with Crippen molar-refractivity contribution in [1.29, 1.82) is 0 Å². The van der Waals surface area contributed by atoms with Gasteiger partial charge in [-0.05, 0) is 37.6 Å². The molecule has 106 valence electrons. The van der Waals surface area contributed by atoms with Crippen molar-refractivity contribution in [3.05, 3.63) is 41.0 Å². The number of nitrogens with two attached hydrogens (primary N) is 1. The van der Waals surface area contributed by atoms with Gasteiger partial charge in [-0.15, -0.1) is 0 Å². The van der Waals surface area contributed by atoms with Crippen molar-refractivity contribution in [1.82, 2.24) is 4.98 Å². The van der Waals surface area contributed by atoms with E-state index in [1.165, 1.54) is 0 Å². The zero-order chi connectivity index (χ0) is 14.9. The molecular formula is C15H17ClN2O2. The Balaban J connectivity index is 2.65. The van der Waals surface area contributed by atoms with Crippen molar-refractivity contribution in [3.8, 4) is 0 Å². The molecule has 0 saturated carbocycles. The number of carboxylic acids is 1. The van der Waals surface area contributed by atoms with E-state index >= 15 is 0 Å². The lowest BCUT2D eigenvalue weighted by Crippen LogP contribution is -2.40. The van der Waals surface area contributed by atoms with Crippen LogP contribution in [0.1, 0.15) is 31.7 Å². The molecule has 1 atom stereocenters. The molecule has 1 aromatic carbocycles. The molecule has 1 aromatic heterocycles. The normalized spacial score (nSPS) is 13.4. The van der Waals surface area contributed by atoms with Crippen molar-refractivity contribution in [3.63, 3.8) is 0 Å². The van der Waals surface area contributed by atoms with E-state index in [0.717, 1.165) is 10.9 Å². The number of rotatable bonds is 4. The molecule has 1 heterocycles. The van der Waals surface area contributed by atoms with Gasteiger partial charge in [0.15, 0.2) is 0 Å². The van der Waals surface area contributed by atoms with Crippen LogP contribution in [-0.4, -0.2) is 21.6 Å². The van der Waals surface area contributed by atoms with Gasteiger partial charge in [0.1, 0.15) is 0 Å². The first-order valence-corrected chi connectivity index (χ1v) is 6.72. The second kappa shape index (κ2) is 5.38. The first-order valence-electron chi connectivity index (χ1n) is 6.34. The molecule has 0 aliphatic rings. The zero-order valence-corrected chi connectivity index (χ0v) is 12.2. The maximum absolute atomic E-state index is 11.1. The summed E-state index contributed by atoms with van der Waals surface area (Å²) in [7, 11) is 0. The molecule has 1 unspecified atom stereocenters. The highest BCUT2D eigenvalue weighted by Crippen LogP contribution is 2.35. The SMILES string of the molecule is CC(C)(N)C(CC(=O)O)c1ccc(Cl)c2cccnc12. The third kappa shape index (κ3) is 2.92. The average molecular weight is 293 g/mol. The molecule has 0 saturated heterocycles. The summed E-state index contributed by atoms with van der Waals surface area (Å²) in [5.41, 5.74) is 7.03. The van der Waals surface area contributed by atoms with Crippen LogP contribution < -0.4 is 5.73 Å². The Kier molecular flexibility index (Phi) is 3.97. The van der Waals surface area contributed by atoms with Crippen LogP contribution in [0.3, 0.4) is 0 Å². The van der Waals surface area contributed by atoms with Gasteiger partial charge < -0.3 is 10.8 Å². The number of nitrogens with zero attached hydrogens (tertiary/aromatic N) is 1. The molecule has 3 N–H and O–H groups in total. The Morgan fingerprint density at radius 1 is 1.45 bits per heavy atom. The molecule has 5 heteroatoms. The van der Waals surface area contributed by atoms with Crippen molar-refractivity contribution in [2.45, 2.75) is 31.7 Å². The predicted octanol–water partition coefficient (Wildman–Crippen LogP) is 3.18. The predicted molar refractivity (Wildman–Crippen MR) is 80.0 cm³/mol. The van der Waals surface area contributed by atoms with Crippen molar-refractivity contribution in [2.75, 3.05) is 0 Å². The van der Waals surface area contributed by atoms with E-state index in [0.29, 0.717) is 10.5 Å². The number of hydrogen-bond acceptors (Lipinski definition) is 3. The van der Waals surface area contributed by atoms with E-state index < -0.39 is 11.5 Å². The molecule has 4 nitrogen and oxygen atoms in total. The smallest absolute Gasteiger partial charge is 0.304 e. The molecule has 20 heavy (non-hydrogen) atoms. The lowest BCUT2D eigenvalue weighted by atomic mass is 9.79. The van der Waals surface area contributed by atoms with Crippen LogP contribution in [0.15, 0.2) is 30.5 Å². The van der Waals surface area contributed by atoms with E-state index in [1.807, 2.05) is 26.0 Å². The molecule has 0 amide bonds. The minimum absolute atomic E-state index is 0.0448. The van der Waals surface area contributed by atoms with Gasteiger partial charge in [-0.3, -0.25) is 9.78 Å². The van der Waals surface area contributed by atoms with Crippen LogP contribution in [0.4, 0.5) is 0 Å². The quantitative estimate of drug-likeness (QED) is 0.907. The topological polar surface area (TPSA) is 76.2 Å². The van der Waals surface area contributed by atoms with E-state index in [4.69, 9.17) is 22.4 Å². The molecule has 0 radical (unpaired) electrons. The number of aliphatic carboxylic acids is 1. The van der Waals surface area contributed by atoms with Gasteiger partial charge in [-0.1, -0.05) is 17.7 Å². The Bertz CT molecular complexity index is 650. The van der Waals surface area contributed by atoms with Gasteiger partial charge in [-0.25, -0.2) is 0 Å². The van der Waals surface area contributed by atoms with Crippen LogP contribution in [0.2, 0.25) is 5.02 Å². The minimum Gasteiger partial charge on any atom is -0.481 e. The number of fused-ring (bicyclic) bond motifs is 1. The highest BCUT2D eigenvalue weighted by molar-refractivity contribution is 6.35. The highest BCUT2D eigenvalue weighted by Gasteiger charge is 2.30. The van der Waals surface area contributed by atoms with Crippen LogP contribution in [0, 0.1) is 0 Å². The summed E-state index contributed by atoms with van der Waals surface area (Å²) in [4.78, 5) is 15.5. The van der Waals surface area contributed by atoms with E-state index in [9.17, 15) is 4.79 Å². The fourth-order valence-corrected chi connectivity index (χ4v) is 2.60. The fraction of sp³-hybridized carbons (Fsp3) is 0.333. The lowest BCUT2D eigenvalue weighted by molar-refractivity contribution is -0.137. The lowest BCUT2D eigenvalue weighted by Gasteiger charge is -2.30. The van der Waals surface area contributed by atoms with Gasteiger partial charge in [0.25, 0.3) is 0 Å². The second-order valence-electron chi connectivity index (χ2n) is 5.51. The summed E-state index contributed by atoms with van der Waals surface area (Å²) in [6, 6.07) is 7.26. The summed E-state index contributed by atoms with van der Waals surface area (Å²) >= 11 is 6.17. The molecule has 0 bridgehead atoms. The molecule has 0 aliphatic carbocycles. The first-order chi connectivity index (χ1) is 9.30. The minimum atomic E-state index is -0.882. The fourth-order valence-electron chi connectivity index (χ4n) is 2.39. The Morgan fingerprint density at radius 2 is 2.15 bits per heavy atom. The number of pyridine rings is 1. The third-order valence-corrected chi connectivity index (χ3v) is 3.73. The largest absolute Gasteiger partial charge is 0.481 e. The van der Waals surface area contributed by atoms with E-state index in [1.54, 1.807) is 18.3 Å². The van der Waals surface area contributed by atoms with Crippen LogP contribution in [-0.2, 0) is 4.79 Å². The third-order valence-electron chi connectivity index (χ3n) is 3.40. The molecule has 0 spiro atoms. The van der Waals surface area contributed by atoms with Gasteiger partial charge in [0, 0.05) is 28.1 Å². The summed E-state index contributed by atoms with van der Waals surface area (Å²) in [5, 5.41) is 10.5. The number of halogens is 1. The first kappa shape index (κ1) is 14.8. The van der Waals surface area contributed by atoms with E-state index in [-0.39, 0.29) is 12.3 Å². The number of benzene rings is 1. The number of carboxylic acid groups (broad SMARTS) is 1. The Labute approximate surface area is 122 Å². The maximum Gasteiger partial charge on any atom is 0.304 e. The Morgan fingerprint density at radius 3 is 2.75 bits per heavy atom. The molecular weight excluding hydrogens is 276 g/mol. The van der Waals surface area contributed by atoms with Gasteiger partial charge in [0.05, 0.1) is 11.9 Å². The number of carbonyl (C=O) groups is 1. The molecule has 2 rings (SSSR count). The second-order valence-corrected chi connectivity index (χ2v) is 5.92. The standard InChI is InChI=1S/C15H17ClN2O2/c1-15(2,17)11(8-13(19)20)9-5-6-12(16)10-4-3-7-18-14(9)10/h3-7,11H,8,17H2,1-2H3,(H,19,20). The summed E-state index contributed by atoms with van der Waals surface area (Å²) < 4.78 is 0.